The van der Waals surface area contributed by atoms with Gasteiger partial charge >= 0.3 is 0 Å². The van der Waals surface area contributed by atoms with Crippen LogP contribution in [0, 0.1) is 0 Å². The van der Waals surface area contributed by atoms with E-state index in [-0.39, 0.29) is 12.9 Å². The van der Waals surface area contributed by atoms with Crippen molar-refractivity contribution in [1.82, 2.24) is 0 Å². The first kappa shape index (κ1) is 24.1. The number of hydrogen-bond acceptors (Lipinski definition) is 3. The van der Waals surface area contributed by atoms with Gasteiger partial charge in [0.1, 0.15) is 17.2 Å². The molecule has 0 N–H and O–H groups in total. The lowest BCUT2D eigenvalue weighted by atomic mass is 10.1. The summed E-state index contributed by atoms with van der Waals surface area (Å²) in [5, 5.41) is 0. The summed E-state index contributed by atoms with van der Waals surface area (Å²) in [6.07, 6.45) is 12.8. The summed E-state index contributed by atoms with van der Waals surface area (Å²) in [6.45, 7) is 6.82. The third-order valence-corrected chi connectivity index (χ3v) is 5.32. The molecule has 0 radical (unpaired) electrons. The lowest BCUT2D eigenvalue weighted by Gasteiger charge is -2.15. The van der Waals surface area contributed by atoms with Gasteiger partial charge in [-0.15, -0.1) is 0 Å². The van der Waals surface area contributed by atoms with E-state index in [9.17, 15) is 0 Å². The molecule has 2 aromatic carbocycles. The molecule has 0 aromatic heterocycles. The molecule has 2 aromatic rings. The molecule has 0 bridgehead atoms. The van der Waals surface area contributed by atoms with Gasteiger partial charge in [0, 0.05) is 0 Å². The lowest BCUT2D eigenvalue weighted by Crippen LogP contribution is -2.11. The fraction of sp³-hybridized carbons (Fsp3) is 0.556. The van der Waals surface area contributed by atoms with E-state index in [0.717, 1.165) is 30.1 Å². The summed E-state index contributed by atoms with van der Waals surface area (Å²) in [6, 6.07) is 16.1. The lowest BCUT2D eigenvalue weighted by molar-refractivity contribution is 0.119. The van der Waals surface area contributed by atoms with Crippen molar-refractivity contribution < 1.29 is 14.2 Å². The highest BCUT2D eigenvalue weighted by molar-refractivity contribution is 5.31. The zero-order chi connectivity index (χ0) is 21.4. The molecule has 166 valence electrons. The quantitative estimate of drug-likeness (QED) is 0.207. The predicted molar refractivity (Wildman–Crippen MR) is 126 cm³/mol. The SMILES string of the molecule is CCCCCCc1ccc(OCOc2ccc(OC(C)CCCCCC)cc2)cc1. The maximum atomic E-state index is 5.99. The topological polar surface area (TPSA) is 27.7 Å². The Labute approximate surface area is 183 Å². The number of benzene rings is 2. The maximum absolute atomic E-state index is 5.99. The molecule has 0 fully saturated rings. The zero-order valence-electron chi connectivity index (χ0n) is 19.2. The minimum Gasteiger partial charge on any atom is -0.491 e. The zero-order valence-corrected chi connectivity index (χ0v) is 19.2. The molecule has 0 aliphatic rings. The van der Waals surface area contributed by atoms with Gasteiger partial charge in [-0.25, -0.2) is 0 Å². The average Bonchev–Trinajstić information content (AvgIpc) is 2.76. The van der Waals surface area contributed by atoms with Crippen LogP contribution in [0.4, 0.5) is 0 Å². The second kappa shape index (κ2) is 14.8. The third-order valence-electron chi connectivity index (χ3n) is 5.32. The Balaban J connectivity index is 1.65. The highest BCUT2D eigenvalue weighted by Gasteiger charge is 2.04. The molecule has 1 unspecified atom stereocenters. The Kier molecular flexibility index (Phi) is 11.9. The predicted octanol–water partition coefficient (Wildman–Crippen LogP) is 7.96. The van der Waals surface area contributed by atoms with Crippen molar-refractivity contribution in [2.24, 2.45) is 0 Å². The van der Waals surface area contributed by atoms with Gasteiger partial charge in [0.25, 0.3) is 0 Å². The van der Waals surface area contributed by atoms with Gasteiger partial charge in [-0.3, -0.25) is 0 Å². The van der Waals surface area contributed by atoms with Crippen LogP contribution in [0.2, 0.25) is 0 Å². The van der Waals surface area contributed by atoms with E-state index in [4.69, 9.17) is 14.2 Å². The molecule has 3 heteroatoms. The number of ether oxygens (including phenoxy) is 3. The van der Waals surface area contributed by atoms with E-state index in [1.807, 2.05) is 36.4 Å². The summed E-state index contributed by atoms with van der Waals surface area (Å²) >= 11 is 0. The van der Waals surface area contributed by atoms with Gasteiger partial charge in [-0.1, -0.05) is 64.5 Å². The van der Waals surface area contributed by atoms with Gasteiger partial charge in [0.05, 0.1) is 6.10 Å². The van der Waals surface area contributed by atoms with Gasteiger partial charge in [-0.2, -0.15) is 0 Å². The Bertz CT molecular complexity index is 664. The van der Waals surface area contributed by atoms with Crippen LogP contribution in [0.15, 0.2) is 48.5 Å². The van der Waals surface area contributed by atoms with Crippen LogP contribution >= 0.6 is 0 Å². The van der Waals surface area contributed by atoms with Crippen molar-refractivity contribution >= 4 is 0 Å². The first-order valence-electron chi connectivity index (χ1n) is 11.8. The monoisotopic (exact) mass is 412 g/mol. The fourth-order valence-electron chi connectivity index (χ4n) is 3.44. The first-order chi connectivity index (χ1) is 14.7. The molecule has 3 nitrogen and oxygen atoms in total. The minimum absolute atomic E-state index is 0.198. The Morgan fingerprint density at radius 3 is 1.77 bits per heavy atom. The van der Waals surface area contributed by atoms with Crippen LogP contribution in [-0.2, 0) is 6.42 Å². The van der Waals surface area contributed by atoms with E-state index in [0.29, 0.717) is 0 Å². The molecule has 0 heterocycles. The summed E-state index contributed by atoms with van der Waals surface area (Å²) in [5.41, 5.74) is 1.37. The number of rotatable bonds is 16. The normalized spacial score (nSPS) is 11.8. The summed E-state index contributed by atoms with van der Waals surface area (Å²) in [5.74, 6) is 2.51. The molecule has 0 aliphatic heterocycles. The van der Waals surface area contributed by atoms with Crippen LogP contribution in [0.5, 0.6) is 17.2 Å². The molecule has 0 saturated heterocycles. The molecule has 2 rings (SSSR count). The third kappa shape index (κ3) is 10.0. The fourth-order valence-corrected chi connectivity index (χ4v) is 3.44. The Morgan fingerprint density at radius 1 is 0.633 bits per heavy atom. The summed E-state index contributed by atoms with van der Waals surface area (Å²) < 4.78 is 17.4. The minimum atomic E-state index is 0.198. The highest BCUT2D eigenvalue weighted by atomic mass is 16.7. The molecule has 30 heavy (non-hydrogen) atoms. The van der Waals surface area contributed by atoms with Gasteiger partial charge < -0.3 is 14.2 Å². The van der Waals surface area contributed by atoms with E-state index < -0.39 is 0 Å². The second-order valence-electron chi connectivity index (χ2n) is 8.11. The number of unbranched alkanes of at least 4 members (excludes halogenated alkanes) is 6. The van der Waals surface area contributed by atoms with Crippen LogP contribution in [0.1, 0.15) is 84.1 Å². The molecule has 0 saturated carbocycles. The molecule has 0 spiro atoms. The first-order valence-corrected chi connectivity index (χ1v) is 11.8. The molecule has 1 atom stereocenters. The van der Waals surface area contributed by atoms with E-state index >= 15 is 0 Å². The Morgan fingerprint density at radius 2 is 1.17 bits per heavy atom. The van der Waals surface area contributed by atoms with Crippen LogP contribution in [-0.4, -0.2) is 12.9 Å². The smallest absolute Gasteiger partial charge is 0.230 e. The van der Waals surface area contributed by atoms with E-state index in [2.05, 4.69) is 32.9 Å². The molecule has 0 aliphatic carbocycles. The average molecular weight is 413 g/mol. The van der Waals surface area contributed by atoms with E-state index in [1.54, 1.807) is 0 Å². The maximum Gasteiger partial charge on any atom is 0.230 e. The van der Waals surface area contributed by atoms with Gasteiger partial charge in [0.15, 0.2) is 0 Å². The van der Waals surface area contributed by atoms with Gasteiger partial charge in [-0.05, 0) is 74.6 Å². The number of aryl methyl sites for hydroxylation is 1. The van der Waals surface area contributed by atoms with Crippen molar-refractivity contribution in [1.29, 1.82) is 0 Å². The van der Waals surface area contributed by atoms with Crippen LogP contribution < -0.4 is 14.2 Å². The molecule has 0 amide bonds. The second-order valence-corrected chi connectivity index (χ2v) is 8.11. The standard InChI is InChI=1S/C27H40O3/c1-4-6-8-10-12-23(3)30-27-20-18-26(19-21-27)29-22-28-25-16-14-24(15-17-25)13-11-9-7-5-2/h14-21,23H,4-13,22H2,1-3H3. The Hall–Kier alpha value is -2.16. The molecular formula is C27H40O3. The van der Waals surface area contributed by atoms with Crippen LogP contribution in [0.25, 0.3) is 0 Å². The van der Waals surface area contributed by atoms with Crippen molar-refractivity contribution in [2.75, 3.05) is 6.79 Å². The summed E-state index contributed by atoms with van der Waals surface area (Å²) in [7, 11) is 0. The van der Waals surface area contributed by atoms with Crippen molar-refractivity contribution in [3.05, 3.63) is 54.1 Å². The highest BCUT2D eigenvalue weighted by Crippen LogP contribution is 2.21. The summed E-state index contributed by atoms with van der Waals surface area (Å²) in [4.78, 5) is 0. The van der Waals surface area contributed by atoms with Crippen molar-refractivity contribution in [3.63, 3.8) is 0 Å². The largest absolute Gasteiger partial charge is 0.491 e. The molecular weight excluding hydrogens is 372 g/mol. The number of hydrogen-bond donors (Lipinski definition) is 0. The van der Waals surface area contributed by atoms with Gasteiger partial charge in [0.2, 0.25) is 6.79 Å². The van der Waals surface area contributed by atoms with E-state index in [1.165, 1.54) is 56.9 Å². The van der Waals surface area contributed by atoms with Crippen molar-refractivity contribution in [3.8, 4) is 17.2 Å². The van der Waals surface area contributed by atoms with Crippen LogP contribution in [0.3, 0.4) is 0 Å². The van der Waals surface area contributed by atoms with Crippen molar-refractivity contribution in [2.45, 2.75) is 91.1 Å².